The minimum absolute atomic E-state index is 0.0360. The number of ether oxygens (including phenoxy) is 2. The van der Waals surface area contributed by atoms with Gasteiger partial charge in [-0.05, 0) is 54.1 Å². The van der Waals surface area contributed by atoms with E-state index in [1.54, 1.807) is 18.2 Å². The highest BCUT2D eigenvalue weighted by atomic mass is 16.5. The summed E-state index contributed by atoms with van der Waals surface area (Å²) in [6, 6.07) is 9.23. The summed E-state index contributed by atoms with van der Waals surface area (Å²) in [6.07, 6.45) is 5.25. The molecule has 2 aromatic carbocycles. The zero-order chi connectivity index (χ0) is 19.8. The first kappa shape index (κ1) is 19.8. The number of ketones is 2. The summed E-state index contributed by atoms with van der Waals surface area (Å²) in [5, 5.41) is 19.2. The molecule has 2 aromatic rings. The van der Waals surface area contributed by atoms with Gasteiger partial charge in [0.1, 0.15) is 11.5 Å². The molecule has 6 heteroatoms. The highest BCUT2D eigenvalue weighted by molar-refractivity contribution is 6.11. The number of benzene rings is 2. The van der Waals surface area contributed by atoms with Crippen molar-refractivity contribution in [2.24, 2.45) is 0 Å². The normalized spacial score (nSPS) is 11.0. The van der Waals surface area contributed by atoms with Gasteiger partial charge in [0.15, 0.2) is 23.1 Å². The molecule has 140 valence electrons. The van der Waals surface area contributed by atoms with E-state index in [1.807, 2.05) is 0 Å². The van der Waals surface area contributed by atoms with Crippen molar-refractivity contribution >= 4 is 23.7 Å². The van der Waals surface area contributed by atoms with Crippen molar-refractivity contribution in [2.45, 2.75) is 6.42 Å². The summed E-state index contributed by atoms with van der Waals surface area (Å²) in [7, 11) is 2.93. The van der Waals surface area contributed by atoms with Gasteiger partial charge >= 0.3 is 0 Å². The fourth-order valence-electron chi connectivity index (χ4n) is 2.32. The molecule has 0 unspecified atom stereocenters. The molecule has 0 aliphatic heterocycles. The number of phenols is 2. The van der Waals surface area contributed by atoms with Gasteiger partial charge in [-0.15, -0.1) is 0 Å². The van der Waals surface area contributed by atoms with E-state index < -0.39 is 0 Å². The number of allylic oxidation sites excluding steroid dienone is 2. The molecule has 0 saturated carbocycles. The van der Waals surface area contributed by atoms with Gasteiger partial charge in [-0.25, -0.2) is 0 Å². The monoisotopic (exact) mass is 368 g/mol. The van der Waals surface area contributed by atoms with E-state index in [-0.39, 0.29) is 29.5 Å². The van der Waals surface area contributed by atoms with Gasteiger partial charge in [0.2, 0.25) is 0 Å². The second kappa shape index (κ2) is 9.24. The molecule has 0 fully saturated rings. The molecular formula is C21H20O6. The Morgan fingerprint density at radius 1 is 0.889 bits per heavy atom. The van der Waals surface area contributed by atoms with Crippen LogP contribution in [0.25, 0.3) is 12.2 Å². The Hall–Kier alpha value is -3.54. The molecule has 0 aromatic heterocycles. The average Bonchev–Trinajstić information content (AvgIpc) is 2.65. The van der Waals surface area contributed by atoms with Crippen molar-refractivity contribution in [1.82, 2.24) is 0 Å². The van der Waals surface area contributed by atoms with Gasteiger partial charge in [-0.3, -0.25) is 9.59 Å². The van der Waals surface area contributed by atoms with E-state index in [4.69, 9.17) is 9.47 Å². The highest BCUT2D eigenvalue weighted by Crippen LogP contribution is 2.27. The summed E-state index contributed by atoms with van der Waals surface area (Å²) in [6.45, 7) is 0. The maximum Gasteiger partial charge on any atom is 0.163 e. The fourth-order valence-corrected chi connectivity index (χ4v) is 2.32. The lowest BCUT2D eigenvalue weighted by Gasteiger charge is -2.04. The molecule has 0 spiro atoms. The Bertz CT molecular complexity index is 896. The zero-order valence-electron chi connectivity index (χ0n) is 15.0. The SMILES string of the molecule is COc1ccc(C=CC(=O)CC(=O)C=Cc2cc(O)ccc2OC)cc1O. The first-order chi connectivity index (χ1) is 12.9. The minimum atomic E-state index is -0.382. The van der Waals surface area contributed by atoms with E-state index >= 15 is 0 Å². The Morgan fingerprint density at radius 3 is 2.15 bits per heavy atom. The molecule has 27 heavy (non-hydrogen) atoms. The van der Waals surface area contributed by atoms with Crippen LogP contribution in [0.15, 0.2) is 48.6 Å². The zero-order valence-corrected chi connectivity index (χ0v) is 15.0. The molecule has 0 saturated heterocycles. The third-order valence-corrected chi connectivity index (χ3v) is 3.68. The van der Waals surface area contributed by atoms with Gasteiger partial charge in [-0.2, -0.15) is 0 Å². The first-order valence-electron chi connectivity index (χ1n) is 8.08. The van der Waals surface area contributed by atoms with Crippen molar-refractivity contribution in [3.63, 3.8) is 0 Å². The van der Waals surface area contributed by atoms with E-state index in [0.29, 0.717) is 22.6 Å². The van der Waals surface area contributed by atoms with E-state index in [1.165, 1.54) is 56.7 Å². The number of hydrogen-bond donors (Lipinski definition) is 2. The Labute approximate surface area is 157 Å². The minimum Gasteiger partial charge on any atom is -0.508 e. The van der Waals surface area contributed by atoms with Crippen LogP contribution in [0.1, 0.15) is 17.5 Å². The van der Waals surface area contributed by atoms with Gasteiger partial charge < -0.3 is 19.7 Å². The van der Waals surface area contributed by atoms with Crippen molar-refractivity contribution in [2.75, 3.05) is 14.2 Å². The van der Waals surface area contributed by atoms with Crippen molar-refractivity contribution in [3.05, 3.63) is 59.7 Å². The molecule has 0 atom stereocenters. The standard InChI is InChI=1S/C21H20O6/c1-26-20-10-8-16(22)12-15(20)5-7-18(24)13-17(23)6-3-14-4-9-21(27-2)19(25)11-14/h3-12,22,25H,13H2,1-2H3. The third kappa shape index (κ3) is 5.74. The number of methoxy groups -OCH3 is 2. The van der Waals surface area contributed by atoms with Crippen LogP contribution in [0.2, 0.25) is 0 Å². The molecule has 2 rings (SSSR count). The van der Waals surface area contributed by atoms with E-state index in [0.717, 1.165) is 0 Å². The highest BCUT2D eigenvalue weighted by Gasteiger charge is 2.06. The number of carbonyl (C=O) groups excluding carboxylic acids is 2. The van der Waals surface area contributed by atoms with Crippen LogP contribution in [0.3, 0.4) is 0 Å². The summed E-state index contributed by atoms with van der Waals surface area (Å²) in [5.41, 5.74) is 1.14. The lowest BCUT2D eigenvalue weighted by Crippen LogP contribution is -2.02. The molecular weight excluding hydrogens is 348 g/mol. The molecule has 0 heterocycles. The number of phenolic OH excluding ortho intramolecular Hbond substituents is 2. The smallest absolute Gasteiger partial charge is 0.163 e. The largest absolute Gasteiger partial charge is 0.508 e. The molecule has 6 nitrogen and oxygen atoms in total. The predicted molar refractivity (Wildman–Crippen MR) is 102 cm³/mol. The van der Waals surface area contributed by atoms with Crippen LogP contribution >= 0.6 is 0 Å². The molecule has 0 amide bonds. The van der Waals surface area contributed by atoms with E-state index in [9.17, 15) is 19.8 Å². The van der Waals surface area contributed by atoms with Crippen LogP contribution < -0.4 is 9.47 Å². The lowest BCUT2D eigenvalue weighted by atomic mass is 10.1. The molecule has 0 aliphatic rings. The third-order valence-electron chi connectivity index (χ3n) is 3.68. The topological polar surface area (TPSA) is 93.1 Å². The second-order valence-electron chi connectivity index (χ2n) is 5.63. The van der Waals surface area contributed by atoms with Crippen LogP contribution in [-0.2, 0) is 9.59 Å². The molecule has 2 N–H and O–H groups in total. The molecule has 0 aliphatic carbocycles. The quantitative estimate of drug-likeness (QED) is 0.548. The van der Waals surface area contributed by atoms with Crippen molar-refractivity contribution in [1.29, 1.82) is 0 Å². The Morgan fingerprint density at radius 2 is 1.52 bits per heavy atom. The maximum absolute atomic E-state index is 12.0. The van der Waals surface area contributed by atoms with Crippen LogP contribution in [0, 0.1) is 0 Å². The lowest BCUT2D eigenvalue weighted by molar-refractivity contribution is -0.121. The summed E-state index contributed by atoms with van der Waals surface area (Å²) >= 11 is 0. The van der Waals surface area contributed by atoms with Gasteiger partial charge in [0, 0.05) is 5.56 Å². The van der Waals surface area contributed by atoms with Gasteiger partial charge in [0.25, 0.3) is 0 Å². The first-order valence-corrected chi connectivity index (χ1v) is 8.08. The predicted octanol–water partition coefficient (Wildman–Crippen LogP) is 3.37. The summed E-state index contributed by atoms with van der Waals surface area (Å²) in [4.78, 5) is 23.9. The fraction of sp³-hybridized carbons (Fsp3) is 0.143. The van der Waals surface area contributed by atoms with Crippen molar-refractivity contribution in [3.8, 4) is 23.0 Å². The van der Waals surface area contributed by atoms with Crippen LogP contribution in [0.4, 0.5) is 0 Å². The van der Waals surface area contributed by atoms with Crippen LogP contribution in [0.5, 0.6) is 23.0 Å². The summed E-state index contributed by atoms with van der Waals surface area (Å²) in [5.74, 6) is 0.0924. The van der Waals surface area contributed by atoms with Gasteiger partial charge in [-0.1, -0.05) is 12.1 Å². The number of aromatic hydroxyl groups is 2. The van der Waals surface area contributed by atoms with E-state index in [2.05, 4.69) is 0 Å². The Balaban J connectivity index is 1.98. The molecule has 0 radical (unpaired) electrons. The number of hydrogen-bond acceptors (Lipinski definition) is 6. The number of rotatable bonds is 8. The number of carbonyl (C=O) groups is 2. The second-order valence-corrected chi connectivity index (χ2v) is 5.63. The van der Waals surface area contributed by atoms with Crippen LogP contribution in [-0.4, -0.2) is 36.0 Å². The average molecular weight is 368 g/mol. The van der Waals surface area contributed by atoms with Gasteiger partial charge in [0.05, 0.1) is 20.6 Å². The summed E-state index contributed by atoms with van der Waals surface area (Å²) < 4.78 is 10.1. The maximum atomic E-state index is 12.0. The molecule has 0 bridgehead atoms. The Kier molecular flexibility index (Phi) is 6.77. The van der Waals surface area contributed by atoms with Crippen molar-refractivity contribution < 1.29 is 29.3 Å².